The van der Waals surface area contributed by atoms with Crippen molar-refractivity contribution in [3.8, 4) is 5.75 Å². The van der Waals surface area contributed by atoms with E-state index in [1.54, 1.807) is 12.1 Å². The van der Waals surface area contributed by atoms with Gasteiger partial charge < -0.3 is 9.64 Å². The first-order valence-electron chi connectivity index (χ1n) is 10.1. The fraction of sp³-hybridized carbons (Fsp3) is 0.391. The number of nitrogens with zero attached hydrogens (tertiary/aromatic N) is 4. The van der Waals surface area contributed by atoms with E-state index in [0.717, 1.165) is 48.8 Å². The van der Waals surface area contributed by atoms with Gasteiger partial charge >= 0.3 is 0 Å². The molecule has 2 aromatic rings. The van der Waals surface area contributed by atoms with Crippen LogP contribution in [0.3, 0.4) is 0 Å². The van der Waals surface area contributed by atoms with Crippen molar-refractivity contribution in [2.45, 2.75) is 12.5 Å². The Hall–Kier alpha value is -2.70. The van der Waals surface area contributed by atoms with E-state index in [9.17, 15) is 4.79 Å². The minimum Gasteiger partial charge on any atom is -0.496 e. The van der Waals surface area contributed by atoms with Crippen LogP contribution in [0.5, 0.6) is 5.75 Å². The van der Waals surface area contributed by atoms with Gasteiger partial charge in [-0.2, -0.15) is 5.10 Å². The number of rotatable bonds is 5. The average molecular weight is 393 g/mol. The van der Waals surface area contributed by atoms with Gasteiger partial charge in [-0.1, -0.05) is 48.5 Å². The molecule has 0 aromatic heterocycles. The van der Waals surface area contributed by atoms with Gasteiger partial charge in [0.2, 0.25) is 0 Å². The second-order valence-corrected chi connectivity index (χ2v) is 7.69. The van der Waals surface area contributed by atoms with Gasteiger partial charge in [-0.05, 0) is 18.7 Å². The molecule has 2 heterocycles. The van der Waals surface area contributed by atoms with Gasteiger partial charge in [-0.15, -0.1) is 0 Å². The van der Waals surface area contributed by atoms with Crippen molar-refractivity contribution < 1.29 is 9.53 Å². The molecular formula is C23H28N4O2. The van der Waals surface area contributed by atoms with E-state index < -0.39 is 0 Å². The zero-order valence-corrected chi connectivity index (χ0v) is 17.1. The number of carbonyl (C=O) groups excluding carboxylic acids is 1. The molecule has 2 aromatic carbocycles. The summed E-state index contributed by atoms with van der Waals surface area (Å²) in [7, 11) is 3.79. The maximum atomic E-state index is 13.3. The first kappa shape index (κ1) is 19.6. The van der Waals surface area contributed by atoms with Crippen molar-refractivity contribution in [3.63, 3.8) is 0 Å². The summed E-state index contributed by atoms with van der Waals surface area (Å²) in [6.07, 6.45) is 0.679. The number of hydrogen-bond donors (Lipinski definition) is 0. The van der Waals surface area contributed by atoms with Crippen molar-refractivity contribution in [1.29, 1.82) is 0 Å². The summed E-state index contributed by atoms with van der Waals surface area (Å²) in [5.41, 5.74) is 2.99. The molecule has 2 aliphatic rings. The summed E-state index contributed by atoms with van der Waals surface area (Å²) in [6, 6.07) is 17.9. The quantitative estimate of drug-likeness (QED) is 0.785. The molecule has 2 aliphatic heterocycles. The molecule has 0 saturated carbocycles. The monoisotopic (exact) mass is 392 g/mol. The minimum absolute atomic E-state index is 0.0383. The number of piperazine rings is 1. The van der Waals surface area contributed by atoms with Crippen LogP contribution in [-0.2, 0) is 4.79 Å². The van der Waals surface area contributed by atoms with Crippen LogP contribution in [-0.4, -0.2) is 73.3 Å². The highest BCUT2D eigenvalue weighted by molar-refractivity contribution is 6.03. The lowest BCUT2D eigenvalue weighted by Crippen LogP contribution is -2.48. The summed E-state index contributed by atoms with van der Waals surface area (Å²) in [4.78, 5) is 17.8. The molecule has 0 bridgehead atoms. The molecule has 1 saturated heterocycles. The molecule has 6 nitrogen and oxygen atoms in total. The Balaban J connectivity index is 1.60. The molecule has 0 radical (unpaired) electrons. The van der Waals surface area contributed by atoms with Crippen LogP contribution < -0.4 is 4.74 Å². The fourth-order valence-electron chi connectivity index (χ4n) is 4.00. The van der Waals surface area contributed by atoms with Crippen molar-refractivity contribution in [3.05, 3.63) is 65.7 Å². The second-order valence-electron chi connectivity index (χ2n) is 7.69. The highest BCUT2D eigenvalue weighted by atomic mass is 16.5. The number of hydrogen-bond acceptors (Lipinski definition) is 5. The first-order chi connectivity index (χ1) is 14.2. The predicted molar refractivity (Wildman–Crippen MR) is 114 cm³/mol. The van der Waals surface area contributed by atoms with Crippen LogP contribution in [0.25, 0.3) is 0 Å². The third-order valence-corrected chi connectivity index (χ3v) is 5.73. The van der Waals surface area contributed by atoms with Gasteiger partial charge in [0.1, 0.15) is 5.75 Å². The Labute approximate surface area is 172 Å². The SMILES string of the molecule is COc1ccccc1C1CC(c2ccccc2)=NN1C(=O)CN1CCN(C)CC1. The predicted octanol–water partition coefficient (Wildman–Crippen LogP) is 2.62. The van der Waals surface area contributed by atoms with E-state index >= 15 is 0 Å². The molecule has 152 valence electrons. The average Bonchev–Trinajstić information content (AvgIpc) is 3.21. The lowest BCUT2D eigenvalue weighted by atomic mass is 9.97. The number of para-hydroxylation sites is 1. The van der Waals surface area contributed by atoms with Gasteiger partial charge in [0.05, 0.1) is 25.4 Å². The molecule has 1 unspecified atom stereocenters. The molecule has 1 amide bonds. The maximum Gasteiger partial charge on any atom is 0.257 e. The number of likely N-dealkylation sites (N-methyl/N-ethyl adjacent to an activating group) is 1. The highest BCUT2D eigenvalue weighted by Crippen LogP contribution is 2.37. The van der Waals surface area contributed by atoms with Crippen molar-refractivity contribution in [2.24, 2.45) is 5.10 Å². The Bertz CT molecular complexity index is 875. The van der Waals surface area contributed by atoms with E-state index in [2.05, 4.69) is 16.8 Å². The molecule has 6 heteroatoms. The van der Waals surface area contributed by atoms with Gasteiger partial charge in [-0.3, -0.25) is 9.69 Å². The zero-order chi connectivity index (χ0) is 20.2. The second kappa shape index (κ2) is 8.76. The van der Waals surface area contributed by atoms with E-state index in [4.69, 9.17) is 9.84 Å². The number of methoxy groups -OCH3 is 1. The maximum absolute atomic E-state index is 13.3. The van der Waals surface area contributed by atoms with Gasteiger partial charge in [0.15, 0.2) is 0 Å². The Morgan fingerprint density at radius 3 is 2.45 bits per heavy atom. The van der Waals surface area contributed by atoms with Crippen molar-refractivity contribution in [1.82, 2.24) is 14.8 Å². The smallest absolute Gasteiger partial charge is 0.257 e. The summed E-state index contributed by atoms with van der Waals surface area (Å²) in [5, 5.41) is 6.46. The third-order valence-electron chi connectivity index (χ3n) is 5.73. The topological polar surface area (TPSA) is 48.4 Å². The lowest BCUT2D eigenvalue weighted by Gasteiger charge is -2.33. The highest BCUT2D eigenvalue weighted by Gasteiger charge is 2.35. The molecule has 0 spiro atoms. The number of benzene rings is 2. The van der Waals surface area contributed by atoms with E-state index in [0.29, 0.717) is 13.0 Å². The van der Waals surface area contributed by atoms with E-state index in [-0.39, 0.29) is 11.9 Å². The van der Waals surface area contributed by atoms with Crippen LogP contribution in [0, 0.1) is 0 Å². The Morgan fingerprint density at radius 1 is 1.03 bits per heavy atom. The Morgan fingerprint density at radius 2 is 1.72 bits per heavy atom. The van der Waals surface area contributed by atoms with E-state index in [1.807, 2.05) is 54.6 Å². The largest absolute Gasteiger partial charge is 0.496 e. The third kappa shape index (κ3) is 4.33. The molecular weight excluding hydrogens is 364 g/mol. The normalized spacial score (nSPS) is 20.6. The first-order valence-corrected chi connectivity index (χ1v) is 10.1. The molecule has 29 heavy (non-hydrogen) atoms. The van der Waals surface area contributed by atoms with Gasteiger partial charge in [0.25, 0.3) is 5.91 Å². The number of hydrazone groups is 1. The minimum atomic E-state index is -0.152. The number of carbonyl (C=O) groups is 1. The summed E-state index contributed by atoms with van der Waals surface area (Å²) < 4.78 is 5.58. The van der Waals surface area contributed by atoms with Crippen LogP contribution in [0.4, 0.5) is 0 Å². The van der Waals surface area contributed by atoms with Gasteiger partial charge in [0, 0.05) is 38.2 Å². The number of amides is 1. The molecule has 4 rings (SSSR count). The number of ether oxygens (including phenoxy) is 1. The van der Waals surface area contributed by atoms with Crippen molar-refractivity contribution >= 4 is 11.6 Å². The molecule has 1 atom stereocenters. The summed E-state index contributed by atoms with van der Waals surface area (Å²) in [6.45, 7) is 4.18. The standard InChI is InChI=1S/C23H28N4O2/c1-25-12-14-26(15-13-25)17-23(28)27-21(19-10-6-7-11-22(19)29-2)16-20(24-27)18-8-4-3-5-9-18/h3-11,21H,12-17H2,1-2H3. The van der Waals surface area contributed by atoms with Gasteiger partial charge in [-0.25, -0.2) is 5.01 Å². The summed E-state index contributed by atoms with van der Waals surface area (Å²) in [5.74, 6) is 0.829. The summed E-state index contributed by atoms with van der Waals surface area (Å²) >= 11 is 0. The van der Waals surface area contributed by atoms with Crippen molar-refractivity contribution in [2.75, 3.05) is 46.9 Å². The van der Waals surface area contributed by atoms with E-state index in [1.165, 1.54) is 0 Å². The molecule has 0 N–H and O–H groups in total. The Kier molecular flexibility index (Phi) is 5.92. The molecule has 0 aliphatic carbocycles. The molecule has 1 fully saturated rings. The van der Waals surface area contributed by atoms with Crippen LogP contribution >= 0.6 is 0 Å². The van der Waals surface area contributed by atoms with Crippen LogP contribution in [0.1, 0.15) is 23.6 Å². The lowest BCUT2D eigenvalue weighted by molar-refractivity contribution is -0.134. The van der Waals surface area contributed by atoms with Crippen LogP contribution in [0.15, 0.2) is 59.7 Å². The zero-order valence-electron chi connectivity index (χ0n) is 17.1. The fourth-order valence-corrected chi connectivity index (χ4v) is 4.00. The van der Waals surface area contributed by atoms with Crippen LogP contribution in [0.2, 0.25) is 0 Å².